The second kappa shape index (κ2) is 5.78. The number of halogens is 2. The summed E-state index contributed by atoms with van der Waals surface area (Å²) < 4.78 is 22.3. The van der Waals surface area contributed by atoms with Gasteiger partial charge in [0.05, 0.1) is 0 Å². The molecule has 0 aromatic heterocycles. The van der Waals surface area contributed by atoms with Crippen molar-refractivity contribution >= 4 is 33.0 Å². The van der Waals surface area contributed by atoms with E-state index in [4.69, 9.17) is 23.2 Å². The van der Waals surface area contributed by atoms with Gasteiger partial charge in [0.1, 0.15) is 6.10 Å². The molecule has 1 rings (SSSR count). The number of aliphatic hydroxyl groups excluding tert-OH is 1. The number of aliphatic hydroxyl groups is 1. The van der Waals surface area contributed by atoms with Gasteiger partial charge in [0.15, 0.2) is 14.0 Å². The molecule has 0 aliphatic heterocycles. The van der Waals surface area contributed by atoms with Crippen LogP contribution in [0.3, 0.4) is 0 Å². The first-order valence-electron chi connectivity index (χ1n) is 5.63. The van der Waals surface area contributed by atoms with Gasteiger partial charge in [-0.3, -0.25) is 0 Å². The fourth-order valence-corrected chi connectivity index (χ4v) is 3.69. The Bertz CT molecular complexity index is 499. The molecule has 1 aromatic rings. The van der Waals surface area contributed by atoms with Crippen molar-refractivity contribution in [3.63, 3.8) is 0 Å². The van der Waals surface area contributed by atoms with Crippen LogP contribution in [-0.2, 0) is 9.84 Å². The molecule has 6 heteroatoms. The van der Waals surface area contributed by atoms with Gasteiger partial charge >= 0.3 is 0 Å². The molecule has 0 spiro atoms. The largest absolute Gasteiger partial charge is 0.385 e. The molecular formula is C12H16Cl2O3S. The zero-order valence-electron chi connectivity index (χ0n) is 10.2. The second-order valence-corrected chi connectivity index (χ2v) is 7.87. The van der Waals surface area contributed by atoms with Crippen LogP contribution in [0.5, 0.6) is 0 Å². The highest BCUT2D eigenvalue weighted by atomic mass is 35.5. The zero-order valence-corrected chi connectivity index (χ0v) is 12.6. The molecule has 0 saturated carbocycles. The van der Waals surface area contributed by atoms with E-state index >= 15 is 0 Å². The Morgan fingerprint density at radius 3 is 2.17 bits per heavy atom. The standard InChI is InChI=1S/C12H16Cl2O3S/c1-3-12(14,18(16,17)4-2)11(15)9-5-7-10(13)8-6-9/h5-8,11,15H,3-4H2,1-2H3/t11-,12+/m0/s1. The Balaban J connectivity index is 3.21. The third-order valence-electron chi connectivity index (χ3n) is 2.97. The molecule has 0 heterocycles. The van der Waals surface area contributed by atoms with E-state index in [-0.39, 0.29) is 12.2 Å². The van der Waals surface area contributed by atoms with E-state index in [9.17, 15) is 13.5 Å². The highest BCUT2D eigenvalue weighted by Crippen LogP contribution is 2.40. The van der Waals surface area contributed by atoms with Crippen LogP contribution >= 0.6 is 23.2 Å². The molecule has 0 saturated heterocycles. The Labute approximate surface area is 118 Å². The van der Waals surface area contributed by atoms with Crippen molar-refractivity contribution in [2.75, 3.05) is 5.75 Å². The molecule has 0 amide bonds. The van der Waals surface area contributed by atoms with Gasteiger partial charge in [0.2, 0.25) is 0 Å². The Morgan fingerprint density at radius 1 is 1.28 bits per heavy atom. The lowest BCUT2D eigenvalue weighted by Gasteiger charge is -2.30. The maximum Gasteiger partial charge on any atom is 0.175 e. The average Bonchev–Trinajstić information content (AvgIpc) is 2.37. The molecule has 102 valence electrons. The van der Waals surface area contributed by atoms with Crippen LogP contribution < -0.4 is 0 Å². The summed E-state index contributed by atoms with van der Waals surface area (Å²) in [7, 11) is -3.58. The van der Waals surface area contributed by atoms with Crippen molar-refractivity contribution in [3.05, 3.63) is 34.9 Å². The van der Waals surface area contributed by atoms with Gasteiger partial charge < -0.3 is 5.11 Å². The van der Waals surface area contributed by atoms with Gasteiger partial charge in [0.25, 0.3) is 0 Å². The van der Waals surface area contributed by atoms with Crippen molar-refractivity contribution in [2.24, 2.45) is 0 Å². The number of alkyl halides is 1. The van der Waals surface area contributed by atoms with E-state index in [0.717, 1.165) is 0 Å². The molecule has 0 unspecified atom stereocenters. The third kappa shape index (κ3) is 2.82. The van der Waals surface area contributed by atoms with Crippen LogP contribution in [0, 0.1) is 0 Å². The first-order chi connectivity index (χ1) is 8.28. The maximum absolute atomic E-state index is 12.0. The second-order valence-electron chi connectivity index (χ2n) is 4.00. The summed E-state index contributed by atoms with van der Waals surface area (Å²) in [5.41, 5.74) is 0.438. The van der Waals surface area contributed by atoms with Crippen LogP contribution in [0.1, 0.15) is 31.9 Å². The Hall–Kier alpha value is -0.290. The highest BCUT2D eigenvalue weighted by molar-refractivity contribution is 7.94. The maximum atomic E-state index is 12.0. The summed E-state index contributed by atoms with van der Waals surface area (Å²) in [6.45, 7) is 3.15. The molecule has 0 aliphatic rings. The van der Waals surface area contributed by atoms with Crippen molar-refractivity contribution in [3.8, 4) is 0 Å². The third-order valence-corrected chi connectivity index (χ3v) is 6.71. The van der Waals surface area contributed by atoms with E-state index in [2.05, 4.69) is 0 Å². The molecule has 1 N–H and O–H groups in total. The van der Waals surface area contributed by atoms with Crippen molar-refractivity contribution < 1.29 is 13.5 Å². The fourth-order valence-electron chi connectivity index (χ4n) is 1.72. The van der Waals surface area contributed by atoms with E-state index in [1.54, 1.807) is 31.2 Å². The van der Waals surface area contributed by atoms with Crippen LogP contribution in [0.25, 0.3) is 0 Å². The topological polar surface area (TPSA) is 54.4 Å². The van der Waals surface area contributed by atoms with Gasteiger partial charge in [-0.2, -0.15) is 0 Å². The summed E-state index contributed by atoms with van der Waals surface area (Å²) >= 11 is 11.9. The van der Waals surface area contributed by atoms with Crippen LogP contribution in [0.2, 0.25) is 5.02 Å². The van der Waals surface area contributed by atoms with Crippen molar-refractivity contribution in [2.45, 2.75) is 30.6 Å². The fraction of sp³-hybridized carbons (Fsp3) is 0.500. The lowest BCUT2D eigenvalue weighted by atomic mass is 10.0. The minimum absolute atomic E-state index is 0.116. The van der Waals surface area contributed by atoms with Crippen LogP contribution in [-0.4, -0.2) is 23.5 Å². The number of hydrogen-bond acceptors (Lipinski definition) is 3. The van der Waals surface area contributed by atoms with Gasteiger partial charge in [-0.25, -0.2) is 8.42 Å². The molecule has 3 nitrogen and oxygen atoms in total. The molecule has 1 aromatic carbocycles. The summed E-state index contributed by atoms with van der Waals surface area (Å²) in [4.78, 5) is 0. The highest BCUT2D eigenvalue weighted by Gasteiger charge is 2.46. The normalized spacial score (nSPS) is 17.2. The van der Waals surface area contributed by atoms with E-state index in [0.29, 0.717) is 10.6 Å². The zero-order chi connectivity index (χ0) is 14.0. The van der Waals surface area contributed by atoms with Gasteiger partial charge in [0, 0.05) is 10.8 Å². The van der Waals surface area contributed by atoms with E-state index in [1.165, 1.54) is 6.92 Å². The number of hydrogen-bond donors (Lipinski definition) is 1. The van der Waals surface area contributed by atoms with Gasteiger partial charge in [-0.05, 0) is 24.1 Å². The molecule has 0 fully saturated rings. The predicted molar refractivity (Wildman–Crippen MR) is 74.7 cm³/mol. The molecular weight excluding hydrogens is 295 g/mol. The monoisotopic (exact) mass is 310 g/mol. The smallest absolute Gasteiger partial charge is 0.175 e. The number of sulfone groups is 1. The Morgan fingerprint density at radius 2 is 1.78 bits per heavy atom. The molecule has 0 radical (unpaired) electrons. The lowest BCUT2D eigenvalue weighted by Crippen LogP contribution is -2.39. The Kier molecular flexibility index (Phi) is 5.06. The summed E-state index contributed by atoms with van der Waals surface area (Å²) in [6, 6.07) is 6.33. The quantitative estimate of drug-likeness (QED) is 0.850. The van der Waals surface area contributed by atoms with Crippen LogP contribution in [0.4, 0.5) is 0 Å². The van der Waals surface area contributed by atoms with E-state index < -0.39 is 20.1 Å². The lowest BCUT2D eigenvalue weighted by molar-refractivity contribution is 0.154. The van der Waals surface area contributed by atoms with E-state index in [1.807, 2.05) is 0 Å². The predicted octanol–water partition coefficient (Wildman–Crippen LogP) is 3.15. The molecule has 0 bridgehead atoms. The van der Waals surface area contributed by atoms with Gasteiger partial charge in [-0.1, -0.05) is 49.2 Å². The SMILES string of the molecule is CC[C@](Cl)([C@@H](O)c1ccc(Cl)cc1)S(=O)(=O)CC. The number of rotatable bonds is 5. The molecule has 18 heavy (non-hydrogen) atoms. The minimum atomic E-state index is -3.58. The summed E-state index contributed by atoms with van der Waals surface area (Å²) in [5.74, 6) is -0.116. The average molecular weight is 311 g/mol. The van der Waals surface area contributed by atoms with Gasteiger partial charge in [-0.15, -0.1) is 0 Å². The summed E-state index contributed by atoms with van der Waals surface area (Å²) in [6.07, 6.45) is -1.17. The van der Waals surface area contributed by atoms with Crippen LogP contribution in [0.15, 0.2) is 24.3 Å². The first kappa shape index (κ1) is 15.8. The molecule has 0 aliphatic carbocycles. The van der Waals surface area contributed by atoms with Crippen molar-refractivity contribution in [1.29, 1.82) is 0 Å². The molecule has 2 atom stereocenters. The number of benzene rings is 1. The summed E-state index contributed by atoms with van der Waals surface area (Å²) in [5, 5.41) is 10.8. The van der Waals surface area contributed by atoms with Crippen molar-refractivity contribution in [1.82, 2.24) is 0 Å². The minimum Gasteiger partial charge on any atom is -0.385 e. The first-order valence-corrected chi connectivity index (χ1v) is 8.04.